The fraction of sp³-hybridized carbons (Fsp3) is 0.667. The molecule has 0 spiro atoms. The van der Waals surface area contributed by atoms with Gasteiger partial charge in [0.2, 0.25) is 0 Å². The van der Waals surface area contributed by atoms with Crippen molar-refractivity contribution in [2.45, 2.75) is 62.4 Å². The maximum atomic E-state index is 2.60. The van der Waals surface area contributed by atoms with Crippen molar-refractivity contribution in [2.75, 3.05) is 12.5 Å². The predicted molar refractivity (Wildman–Crippen MR) is 90.5 cm³/mol. The summed E-state index contributed by atoms with van der Waals surface area (Å²) in [5, 5.41) is 1.93. The van der Waals surface area contributed by atoms with E-state index in [0.717, 1.165) is 10.5 Å². The minimum absolute atomic E-state index is 0.432. The van der Waals surface area contributed by atoms with Crippen molar-refractivity contribution in [1.29, 1.82) is 0 Å². The molecule has 0 aromatic heterocycles. The second kappa shape index (κ2) is 6.83. The van der Waals surface area contributed by atoms with Gasteiger partial charge in [0.1, 0.15) is 0 Å². The fourth-order valence-electron chi connectivity index (χ4n) is 3.32. The second-order valence-corrected chi connectivity index (χ2v) is 11.0. The molecule has 1 aromatic rings. The maximum Gasteiger partial charge on any atom is -0.0114 e. The van der Waals surface area contributed by atoms with Crippen LogP contribution in [0.5, 0.6) is 0 Å². The molecule has 1 fully saturated rings. The Bertz CT molecular complexity index is 363. The van der Waals surface area contributed by atoms with Crippen molar-refractivity contribution in [3.8, 4) is 0 Å². The van der Waals surface area contributed by atoms with Gasteiger partial charge in [0.25, 0.3) is 0 Å². The molecule has 1 atom stereocenters. The Morgan fingerprint density at radius 2 is 1.68 bits per heavy atom. The van der Waals surface area contributed by atoms with E-state index in [1.54, 1.807) is 0 Å². The van der Waals surface area contributed by atoms with Crippen molar-refractivity contribution >= 4 is 10.0 Å². The van der Waals surface area contributed by atoms with E-state index in [-0.39, 0.29) is 0 Å². The van der Waals surface area contributed by atoms with Gasteiger partial charge in [-0.25, -0.2) is 10.0 Å². The van der Waals surface area contributed by atoms with Crippen LogP contribution in [0.15, 0.2) is 30.3 Å². The first-order chi connectivity index (χ1) is 9.10. The summed E-state index contributed by atoms with van der Waals surface area (Å²) >= 11 is 0. The molecule has 0 nitrogen and oxygen atoms in total. The van der Waals surface area contributed by atoms with Crippen LogP contribution in [-0.2, 0) is 6.42 Å². The highest BCUT2D eigenvalue weighted by atomic mass is 32.3. The normalized spacial score (nSPS) is 20.2. The van der Waals surface area contributed by atoms with Gasteiger partial charge in [0.05, 0.1) is 0 Å². The molecular weight excluding hydrogens is 248 g/mol. The van der Waals surface area contributed by atoms with Gasteiger partial charge in [-0.15, -0.1) is 0 Å². The molecular formula is C18H30S. The molecule has 108 valence electrons. The third kappa shape index (κ3) is 4.02. The lowest BCUT2D eigenvalue weighted by molar-refractivity contribution is 0.510. The van der Waals surface area contributed by atoms with Gasteiger partial charge in [-0.2, -0.15) is 0 Å². The molecule has 0 saturated heterocycles. The lowest BCUT2D eigenvalue weighted by atomic mass is 10.0. The molecule has 0 N–H and O–H groups in total. The Labute approximate surface area is 121 Å². The Morgan fingerprint density at radius 1 is 1.05 bits per heavy atom. The van der Waals surface area contributed by atoms with Crippen LogP contribution in [0.1, 0.15) is 51.0 Å². The Balaban J connectivity index is 1.88. The highest BCUT2D eigenvalue weighted by Crippen LogP contribution is 2.55. The molecule has 1 heteroatoms. The van der Waals surface area contributed by atoms with Crippen molar-refractivity contribution in [3.63, 3.8) is 0 Å². The SMILES string of the molecule is CC(CCc1ccccc1)S(C)(C)C1CCCCC1. The molecule has 19 heavy (non-hydrogen) atoms. The van der Waals surface area contributed by atoms with E-state index in [9.17, 15) is 0 Å². The lowest BCUT2D eigenvalue weighted by Crippen LogP contribution is -2.27. The van der Waals surface area contributed by atoms with Crippen LogP contribution in [0, 0.1) is 0 Å². The third-order valence-electron chi connectivity index (χ3n) is 5.13. The molecule has 1 saturated carbocycles. The Hall–Kier alpha value is -0.430. The Morgan fingerprint density at radius 3 is 2.32 bits per heavy atom. The van der Waals surface area contributed by atoms with Gasteiger partial charge < -0.3 is 0 Å². The molecule has 1 unspecified atom stereocenters. The molecule has 0 amide bonds. The molecule has 0 bridgehead atoms. The molecule has 1 aliphatic rings. The molecule has 2 rings (SSSR count). The van der Waals surface area contributed by atoms with E-state index in [1.807, 2.05) is 0 Å². The highest BCUT2D eigenvalue weighted by molar-refractivity contribution is 8.33. The average molecular weight is 279 g/mol. The number of hydrogen-bond donors (Lipinski definition) is 0. The first kappa shape index (κ1) is 15.0. The van der Waals surface area contributed by atoms with Crippen LogP contribution in [-0.4, -0.2) is 23.0 Å². The standard InChI is InChI=1S/C18H30S/c1-16(14-15-17-10-6-4-7-11-17)19(2,3)18-12-8-5-9-13-18/h4,6-7,10-11,16,18H,5,8-9,12-15H2,1-3H3. The van der Waals surface area contributed by atoms with E-state index in [4.69, 9.17) is 0 Å². The van der Waals surface area contributed by atoms with E-state index in [0.29, 0.717) is 0 Å². The van der Waals surface area contributed by atoms with Gasteiger partial charge in [-0.3, -0.25) is 0 Å². The average Bonchev–Trinajstić information content (AvgIpc) is 2.46. The summed E-state index contributed by atoms with van der Waals surface area (Å²) in [6.45, 7) is 2.51. The van der Waals surface area contributed by atoms with Gasteiger partial charge in [-0.05, 0) is 54.3 Å². The predicted octanol–water partition coefficient (Wildman–Crippen LogP) is 5.40. The van der Waals surface area contributed by atoms with Crippen LogP contribution in [0.25, 0.3) is 0 Å². The summed E-state index contributed by atoms with van der Waals surface area (Å²) in [7, 11) is -0.432. The van der Waals surface area contributed by atoms with Crippen molar-refractivity contribution < 1.29 is 0 Å². The lowest BCUT2D eigenvalue weighted by Gasteiger charge is -2.47. The number of aryl methyl sites for hydroxylation is 1. The van der Waals surface area contributed by atoms with Crippen LogP contribution in [0.3, 0.4) is 0 Å². The van der Waals surface area contributed by atoms with Crippen molar-refractivity contribution in [3.05, 3.63) is 35.9 Å². The first-order valence-corrected chi connectivity index (χ1v) is 10.4. The zero-order valence-corrected chi connectivity index (χ0v) is 13.7. The highest BCUT2D eigenvalue weighted by Gasteiger charge is 2.30. The Kier molecular flexibility index (Phi) is 5.38. The van der Waals surface area contributed by atoms with Gasteiger partial charge in [0.15, 0.2) is 0 Å². The van der Waals surface area contributed by atoms with Crippen LogP contribution < -0.4 is 0 Å². The molecule has 1 aliphatic carbocycles. The number of hydrogen-bond acceptors (Lipinski definition) is 0. The summed E-state index contributed by atoms with van der Waals surface area (Å²) in [6, 6.07) is 11.0. The monoisotopic (exact) mass is 278 g/mol. The zero-order valence-electron chi connectivity index (χ0n) is 12.9. The third-order valence-corrected chi connectivity index (χ3v) is 9.63. The van der Waals surface area contributed by atoms with Crippen molar-refractivity contribution in [1.82, 2.24) is 0 Å². The van der Waals surface area contributed by atoms with Gasteiger partial charge >= 0.3 is 0 Å². The summed E-state index contributed by atoms with van der Waals surface area (Å²) in [5.41, 5.74) is 1.51. The van der Waals surface area contributed by atoms with Crippen molar-refractivity contribution in [2.24, 2.45) is 0 Å². The quantitative estimate of drug-likeness (QED) is 0.676. The maximum absolute atomic E-state index is 2.60. The summed E-state index contributed by atoms with van der Waals surface area (Å²) < 4.78 is 0. The summed E-state index contributed by atoms with van der Waals surface area (Å²) in [5.74, 6) is 0. The first-order valence-electron chi connectivity index (χ1n) is 7.85. The largest absolute Gasteiger partial charge is 0.241 e. The van der Waals surface area contributed by atoms with Crippen LogP contribution >= 0.6 is 10.0 Å². The van der Waals surface area contributed by atoms with Gasteiger partial charge in [0, 0.05) is 0 Å². The second-order valence-electron chi connectivity index (χ2n) is 6.58. The summed E-state index contributed by atoms with van der Waals surface area (Å²) in [4.78, 5) is 0. The minimum Gasteiger partial charge on any atom is -0.241 e. The van der Waals surface area contributed by atoms with Crippen LogP contribution in [0.2, 0.25) is 0 Å². The van der Waals surface area contributed by atoms with E-state index < -0.39 is 10.0 Å². The van der Waals surface area contributed by atoms with Crippen LogP contribution in [0.4, 0.5) is 0 Å². The molecule has 0 heterocycles. The molecule has 0 radical (unpaired) electrons. The molecule has 1 aromatic carbocycles. The molecule has 0 aliphatic heterocycles. The number of benzene rings is 1. The smallest absolute Gasteiger partial charge is 0.0114 e. The minimum atomic E-state index is -0.432. The summed E-state index contributed by atoms with van der Waals surface area (Å²) in [6.07, 6.45) is 15.2. The van der Waals surface area contributed by atoms with E-state index >= 15 is 0 Å². The van der Waals surface area contributed by atoms with Gasteiger partial charge in [-0.1, -0.05) is 56.5 Å². The topological polar surface area (TPSA) is 0 Å². The van der Waals surface area contributed by atoms with E-state index in [1.165, 1.54) is 50.5 Å². The van der Waals surface area contributed by atoms with E-state index in [2.05, 4.69) is 49.8 Å². The number of rotatable bonds is 5. The zero-order chi connectivity index (χ0) is 13.7. The fourth-order valence-corrected chi connectivity index (χ4v) is 6.25.